The average Bonchev–Trinajstić information content (AvgIpc) is 2.91. The molecule has 1 fully saturated rings. The topological polar surface area (TPSA) is 101 Å². The van der Waals surface area contributed by atoms with Crippen molar-refractivity contribution in [3.8, 4) is 0 Å². The molecular formula is C12H17N3O4S2. The van der Waals surface area contributed by atoms with Crippen LogP contribution < -0.4 is 10.0 Å². The Kier molecular flexibility index (Phi) is 5.07. The molecule has 1 aliphatic rings. The Bertz CT molecular complexity index is 627. The van der Waals surface area contributed by atoms with Gasteiger partial charge >= 0.3 is 0 Å². The van der Waals surface area contributed by atoms with Crippen molar-refractivity contribution in [2.45, 2.75) is 24.3 Å². The van der Waals surface area contributed by atoms with Crippen LogP contribution in [0.2, 0.25) is 0 Å². The zero-order valence-corrected chi connectivity index (χ0v) is 13.2. The highest BCUT2D eigenvalue weighted by molar-refractivity contribution is 7.99. The van der Waals surface area contributed by atoms with Crippen LogP contribution in [0.5, 0.6) is 0 Å². The quantitative estimate of drug-likeness (QED) is 0.609. The smallest absolute Gasteiger partial charge is 0.270 e. The van der Waals surface area contributed by atoms with Gasteiger partial charge in [0, 0.05) is 30.5 Å². The van der Waals surface area contributed by atoms with Crippen molar-refractivity contribution in [2.24, 2.45) is 0 Å². The highest BCUT2D eigenvalue weighted by Gasteiger charge is 2.27. The maximum Gasteiger partial charge on any atom is 0.270 e. The first-order valence-corrected chi connectivity index (χ1v) is 9.20. The Morgan fingerprint density at radius 1 is 1.48 bits per heavy atom. The summed E-state index contributed by atoms with van der Waals surface area (Å²) in [5.74, 6) is 1.65. The molecule has 0 aliphatic carbocycles. The van der Waals surface area contributed by atoms with Gasteiger partial charge in [0.1, 0.15) is 4.90 Å². The molecule has 0 aromatic heterocycles. The van der Waals surface area contributed by atoms with Crippen LogP contribution in [0.1, 0.15) is 13.3 Å². The molecule has 1 unspecified atom stereocenters. The number of anilines is 1. The molecule has 2 N–H and O–H groups in total. The van der Waals surface area contributed by atoms with E-state index in [1.165, 1.54) is 12.1 Å². The summed E-state index contributed by atoms with van der Waals surface area (Å²) < 4.78 is 27.6. The molecule has 1 heterocycles. The van der Waals surface area contributed by atoms with E-state index in [4.69, 9.17) is 0 Å². The minimum Gasteiger partial charge on any atom is -0.384 e. The zero-order chi connectivity index (χ0) is 15.5. The van der Waals surface area contributed by atoms with Gasteiger partial charge in [-0.15, -0.1) is 0 Å². The van der Waals surface area contributed by atoms with E-state index in [1.807, 2.05) is 6.92 Å². The molecule has 1 atom stereocenters. The van der Waals surface area contributed by atoms with Gasteiger partial charge in [-0.05, 0) is 25.2 Å². The number of hydrogen-bond acceptors (Lipinski definition) is 6. The Balaban J connectivity index is 2.37. The normalized spacial score (nSPS) is 18.6. The number of non-ortho nitro benzene ring substituents is 1. The fourth-order valence-corrected chi connectivity index (χ4v) is 4.82. The van der Waals surface area contributed by atoms with E-state index in [0.717, 1.165) is 24.0 Å². The SMILES string of the molecule is CCNc1ccc([N+](=O)[O-])cc1S(=O)(=O)NC1CCSC1. The minimum atomic E-state index is -3.78. The number of nitro groups is 1. The first-order valence-electron chi connectivity index (χ1n) is 6.56. The van der Waals surface area contributed by atoms with E-state index in [9.17, 15) is 18.5 Å². The molecule has 1 aliphatic heterocycles. The summed E-state index contributed by atoms with van der Waals surface area (Å²) in [6.07, 6.45) is 0.773. The molecule has 9 heteroatoms. The van der Waals surface area contributed by atoms with Crippen LogP contribution in [-0.4, -0.2) is 37.4 Å². The number of nitro benzene ring substituents is 1. The van der Waals surface area contributed by atoms with Crippen molar-refractivity contribution in [2.75, 3.05) is 23.4 Å². The van der Waals surface area contributed by atoms with Crippen LogP contribution in [0, 0.1) is 10.1 Å². The number of nitrogens with one attached hydrogen (secondary N) is 2. The third-order valence-corrected chi connectivity index (χ3v) is 5.81. The summed E-state index contributed by atoms with van der Waals surface area (Å²) in [6, 6.07) is 3.71. The van der Waals surface area contributed by atoms with Gasteiger partial charge in [-0.25, -0.2) is 13.1 Å². The van der Waals surface area contributed by atoms with Crippen molar-refractivity contribution in [1.29, 1.82) is 0 Å². The van der Waals surface area contributed by atoms with Gasteiger partial charge in [-0.1, -0.05) is 0 Å². The Morgan fingerprint density at radius 3 is 2.81 bits per heavy atom. The number of nitrogens with zero attached hydrogens (tertiary/aromatic N) is 1. The predicted molar refractivity (Wildman–Crippen MR) is 83.3 cm³/mol. The second kappa shape index (κ2) is 6.63. The molecule has 116 valence electrons. The maximum atomic E-state index is 12.5. The fraction of sp³-hybridized carbons (Fsp3) is 0.500. The summed E-state index contributed by atoms with van der Waals surface area (Å²) in [5.41, 5.74) is 0.138. The largest absolute Gasteiger partial charge is 0.384 e. The summed E-state index contributed by atoms with van der Waals surface area (Å²) in [6.45, 7) is 2.36. The zero-order valence-electron chi connectivity index (χ0n) is 11.5. The van der Waals surface area contributed by atoms with Gasteiger partial charge in [0.25, 0.3) is 5.69 Å². The number of hydrogen-bond donors (Lipinski definition) is 2. The van der Waals surface area contributed by atoms with E-state index >= 15 is 0 Å². The molecule has 0 saturated carbocycles. The summed E-state index contributed by atoms with van der Waals surface area (Å²) >= 11 is 1.69. The van der Waals surface area contributed by atoms with E-state index in [-0.39, 0.29) is 16.6 Å². The molecule has 21 heavy (non-hydrogen) atoms. The standard InChI is InChI=1S/C12H17N3O4S2/c1-2-13-11-4-3-10(15(16)17)7-12(11)21(18,19)14-9-5-6-20-8-9/h3-4,7,9,13-14H,2,5-6,8H2,1H3. The summed E-state index contributed by atoms with van der Waals surface area (Å²) in [7, 11) is -3.78. The lowest BCUT2D eigenvalue weighted by molar-refractivity contribution is -0.385. The maximum absolute atomic E-state index is 12.5. The number of benzene rings is 1. The molecule has 1 saturated heterocycles. The summed E-state index contributed by atoms with van der Waals surface area (Å²) in [5, 5.41) is 13.8. The summed E-state index contributed by atoms with van der Waals surface area (Å²) in [4.78, 5) is 10.2. The second-order valence-corrected chi connectivity index (χ2v) is 7.48. The lowest BCUT2D eigenvalue weighted by atomic mass is 10.3. The average molecular weight is 331 g/mol. The van der Waals surface area contributed by atoms with Gasteiger partial charge in [0.2, 0.25) is 10.0 Å². The van der Waals surface area contributed by atoms with E-state index < -0.39 is 14.9 Å². The fourth-order valence-electron chi connectivity index (χ4n) is 2.09. The van der Waals surface area contributed by atoms with E-state index in [1.54, 1.807) is 11.8 Å². The lowest BCUT2D eigenvalue weighted by Gasteiger charge is -2.15. The molecule has 0 radical (unpaired) electrons. The molecular weight excluding hydrogens is 314 g/mol. The third kappa shape index (κ3) is 3.86. The predicted octanol–water partition coefficient (Wildman–Crippen LogP) is 1.81. The minimum absolute atomic E-state index is 0.0737. The first-order chi connectivity index (χ1) is 9.94. The molecule has 0 amide bonds. The van der Waals surface area contributed by atoms with Crippen LogP contribution in [-0.2, 0) is 10.0 Å². The molecule has 2 rings (SSSR count). The van der Waals surface area contributed by atoms with Crippen LogP contribution in [0.4, 0.5) is 11.4 Å². The van der Waals surface area contributed by atoms with Gasteiger partial charge in [-0.2, -0.15) is 11.8 Å². The van der Waals surface area contributed by atoms with Crippen LogP contribution >= 0.6 is 11.8 Å². The monoisotopic (exact) mass is 331 g/mol. The van der Waals surface area contributed by atoms with E-state index in [0.29, 0.717) is 12.2 Å². The highest BCUT2D eigenvalue weighted by Crippen LogP contribution is 2.27. The van der Waals surface area contributed by atoms with E-state index in [2.05, 4.69) is 10.0 Å². The number of rotatable bonds is 6. The van der Waals surface area contributed by atoms with Gasteiger partial charge in [-0.3, -0.25) is 10.1 Å². The van der Waals surface area contributed by atoms with Crippen molar-refractivity contribution < 1.29 is 13.3 Å². The Morgan fingerprint density at radius 2 is 2.24 bits per heavy atom. The third-order valence-electron chi connectivity index (χ3n) is 3.08. The second-order valence-electron chi connectivity index (χ2n) is 4.65. The number of sulfonamides is 1. The number of thioether (sulfide) groups is 1. The van der Waals surface area contributed by atoms with Gasteiger partial charge in [0.05, 0.1) is 10.6 Å². The van der Waals surface area contributed by atoms with Crippen molar-refractivity contribution in [1.82, 2.24) is 4.72 Å². The highest BCUT2D eigenvalue weighted by atomic mass is 32.2. The van der Waals surface area contributed by atoms with Crippen molar-refractivity contribution in [3.63, 3.8) is 0 Å². The van der Waals surface area contributed by atoms with Crippen molar-refractivity contribution >= 4 is 33.2 Å². The first kappa shape index (κ1) is 16.1. The van der Waals surface area contributed by atoms with Gasteiger partial charge < -0.3 is 5.32 Å². The lowest BCUT2D eigenvalue weighted by Crippen LogP contribution is -2.35. The van der Waals surface area contributed by atoms with Crippen molar-refractivity contribution in [3.05, 3.63) is 28.3 Å². The molecule has 1 aromatic carbocycles. The molecule has 7 nitrogen and oxygen atoms in total. The Hall–Kier alpha value is -1.32. The van der Waals surface area contributed by atoms with Crippen LogP contribution in [0.15, 0.2) is 23.1 Å². The molecule has 1 aromatic rings. The molecule has 0 bridgehead atoms. The molecule has 0 spiro atoms. The van der Waals surface area contributed by atoms with Crippen LogP contribution in [0.25, 0.3) is 0 Å². The Labute approximate surface area is 127 Å². The van der Waals surface area contributed by atoms with Gasteiger partial charge in [0.15, 0.2) is 0 Å². The van der Waals surface area contributed by atoms with Crippen LogP contribution in [0.3, 0.4) is 0 Å².